The Balaban J connectivity index is 2.06. The molecule has 0 fully saturated rings. The molecule has 7 heteroatoms. The van der Waals surface area contributed by atoms with Gasteiger partial charge in [0.15, 0.2) is 23.0 Å². The monoisotopic (exact) mass is 370 g/mol. The highest BCUT2D eigenvalue weighted by Gasteiger charge is 2.10. The third-order valence-electron chi connectivity index (χ3n) is 3.57. The Morgan fingerprint density at radius 1 is 1.00 bits per heavy atom. The van der Waals surface area contributed by atoms with Crippen molar-refractivity contribution in [2.24, 2.45) is 5.10 Å². The molecule has 27 heavy (non-hydrogen) atoms. The van der Waals surface area contributed by atoms with Crippen molar-refractivity contribution in [3.63, 3.8) is 0 Å². The van der Waals surface area contributed by atoms with Crippen LogP contribution in [-0.2, 0) is 0 Å². The van der Waals surface area contributed by atoms with E-state index in [2.05, 4.69) is 17.1 Å². The van der Waals surface area contributed by atoms with Gasteiger partial charge in [0.25, 0.3) is 5.91 Å². The summed E-state index contributed by atoms with van der Waals surface area (Å²) in [6.07, 6.45) is 3.16. The minimum atomic E-state index is -0.370. The molecule has 1 amide bonds. The summed E-state index contributed by atoms with van der Waals surface area (Å²) in [6.45, 7) is 3.99. The smallest absolute Gasteiger partial charge is 0.271 e. The Morgan fingerprint density at radius 2 is 1.67 bits per heavy atom. The van der Waals surface area contributed by atoms with Gasteiger partial charge in [0.2, 0.25) is 0 Å². The molecule has 7 nitrogen and oxygen atoms in total. The van der Waals surface area contributed by atoms with Crippen molar-refractivity contribution < 1.29 is 23.7 Å². The van der Waals surface area contributed by atoms with Crippen molar-refractivity contribution in [2.75, 3.05) is 27.9 Å². The van der Waals surface area contributed by atoms with E-state index in [9.17, 15) is 4.79 Å². The number of hydrogen-bond acceptors (Lipinski definition) is 6. The number of methoxy groups -OCH3 is 3. The standard InChI is InChI=1S/C20H22N2O5/c1-5-10-27-17-8-6-14(11-18(17)25-3)13-21-22-20(23)15-7-9-16(24-2)19(12-15)26-4/h5-9,11-13H,1,10H2,2-4H3,(H,22,23). The molecule has 0 saturated heterocycles. The lowest BCUT2D eigenvalue weighted by Crippen LogP contribution is -2.17. The van der Waals surface area contributed by atoms with Gasteiger partial charge in [-0.2, -0.15) is 5.10 Å². The lowest BCUT2D eigenvalue weighted by atomic mass is 10.2. The van der Waals surface area contributed by atoms with Crippen LogP contribution in [-0.4, -0.2) is 40.1 Å². The summed E-state index contributed by atoms with van der Waals surface area (Å²) in [5.41, 5.74) is 3.61. The lowest BCUT2D eigenvalue weighted by Gasteiger charge is -2.09. The molecule has 2 rings (SSSR count). The first-order chi connectivity index (χ1) is 13.1. The largest absolute Gasteiger partial charge is 0.493 e. The van der Waals surface area contributed by atoms with Crippen molar-refractivity contribution in [2.45, 2.75) is 0 Å². The maximum absolute atomic E-state index is 12.2. The first-order valence-electron chi connectivity index (χ1n) is 8.10. The summed E-state index contributed by atoms with van der Waals surface area (Å²) < 4.78 is 21.1. The van der Waals surface area contributed by atoms with Crippen LogP contribution in [0.4, 0.5) is 0 Å². The van der Waals surface area contributed by atoms with Crippen LogP contribution in [0.2, 0.25) is 0 Å². The molecule has 1 N–H and O–H groups in total. The Morgan fingerprint density at radius 3 is 2.33 bits per heavy atom. The van der Waals surface area contributed by atoms with Gasteiger partial charge in [0.05, 0.1) is 27.5 Å². The highest BCUT2D eigenvalue weighted by Crippen LogP contribution is 2.28. The summed E-state index contributed by atoms with van der Waals surface area (Å²) in [5, 5.41) is 3.97. The van der Waals surface area contributed by atoms with Crippen LogP contribution in [0.3, 0.4) is 0 Å². The van der Waals surface area contributed by atoms with E-state index in [0.717, 1.165) is 5.56 Å². The van der Waals surface area contributed by atoms with Gasteiger partial charge in [-0.1, -0.05) is 12.7 Å². The maximum Gasteiger partial charge on any atom is 0.271 e. The first-order valence-corrected chi connectivity index (χ1v) is 8.10. The molecule has 142 valence electrons. The molecule has 0 heterocycles. The fourth-order valence-electron chi connectivity index (χ4n) is 2.24. The molecule has 0 aliphatic carbocycles. The summed E-state index contributed by atoms with van der Waals surface area (Å²) in [5.74, 6) is 1.80. The van der Waals surface area contributed by atoms with Crippen molar-refractivity contribution in [1.82, 2.24) is 5.43 Å². The summed E-state index contributed by atoms with van der Waals surface area (Å²) in [7, 11) is 4.59. The van der Waals surface area contributed by atoms with Crippen LogP contribution in [0.1, 0.15) is 15.9 Å². The molecular formula is C20H22N2O5. The van der Waals surface area contributed by atoms with Crippen LogP contribution >= 0.6 is 0 Å². The number of nitrogens with one attached hydrogen (secondary N) is 1. The molecule has 2 aromatic carbocycles. The number of amides is 1. The van der Waals surface area contributed by atoms with Crippen molar-refractivity contribution in [3.05, 3.63) is 60.2 Å². The number of carbonyl (C=O) groups excluding carboxylic acids is 1. The molecule has 0 bridgehead atoms. The van der Waals surface area contributed by atoms with Crippen molar-refractivity contribution >= 4 is 12.1 Å². The Labute approximate surface area is 158 Å². The fourth-order valence-corrected chi connectivity index (χ4v) is 2.24. The van der Waals surface area contributed by atoms with E-state index in [-0.39, 0.29) is 5.91 Å². The van der Waals surface area contributed by atoms with Gasteiger partial charge in [0.1, 0.15) is 6.61 Å². The molecule has 0 saturated carbocycles. The van der Waals surface area contributed by atoms with Crippen LogP contribution in [0, 0.1) is 0 Å². The van der Waals surface area contributed by atoms with Gasteiger partial charge in [-0.25, -0.2) is 5.43 Å². The fraction of sp³-hybridized carbons (Fsp3) is 0.200. The molecular weight excluding hydrogens is 348 g/mol. The van der Waals surface area contributed by atoms with E-state index < -0.39 is 0 Å². The third kappa shape index (κ3) is 5.24. The van der Waals surface area contributed by atoms with Crippen LogP contribution in [0.5, 0.6) is 23.0 Å². The topological polar surface area (TPSA) is 78.4 Å². The van der Waals surface area contributed by atoms with E-state index in [1.165, 1.54) is 20.4 Å². The second kappa shape index (κ2) is 9.86. The zero-order chi connectivity index (χ0) is 19.6. The summed E-state index contributed by atoms with van der Waals surface area (Å²) >= 11 is 0. The number of hydrazone groups is 1. The highest BCUT2D eigenvalue weighted by atomic mass is 16.5. The minimum absolute atomic E-state index is 0.370. The van der Waals surface area contributed by atoms with Gasteiger partial charge >= 0.3 is 0 Å². The lowest BCUT2D eigenvalue weighted by molar-refractivity contribution is 0.0954. The third-order valence-corrected chi connectivity index (χ3v) is 3.57. The zero-order valence-electron chi connectivity index (χ0n) is 15.5. The van der Waals surface area contributed by atoms with Crippen LogP contribution in [0.15, 0.2) is 54.2 Å². The normalized spacial score (nSPS) is 10.3. The summed E-state index contributed by atoms with van der Waals surface area (Å²) in [6, 6.07) is 10.2. The Kier molecular flexibility index (Phi) is 7.25. The van der Waals surface area contributed by atoms with Gasteiger partial charge in [-0.3, -0.25) is 4.79 Å². The number of rotatable bonds is 9. The van der Waals surface area contributed by atoms with Crippen molar-refractivity contribution in [1.29, 1.82) is 0 Å². The number of hydrogen-bond donors (Lipinski definition) is 1. The van der Waals surface area contributed by atoms with Crippen LogP contribution in [0.25, 0.3) is 0 Å². The second-order valence-electron chi connectivity index (χ2n) is 5.28. The van der Waals surface area contributed by atoms with Crippen LogP contribution < -0.4 is 24.4 Å². The Hall–Kier alpha value is -3.48. The number of carbonyl (C=O) groups is 1. The average Bonchev–Trinajstić information content (AvgIpc) is 2.71. The van der Waals surface area contributed by atoms with Gasteiger partial charge in [-0.15, -0.1) is 0 Å². The minimum Gasteiger partial charge on any atom is -0.493 e. The highest BCUT2D eigenvalue weighted by molar-refractivity contribution is 5.95. The molecule has 0 unspecified atom stereocenters. The summed E-state index contributed by atoms with van der Waals surface area (Å²) in [4.78, 5) is 12.2. The zero-order valence-corrected chi connectivity index (χ0v) is 15.5. The first kappa shape index (κ1) is 19.8. The van der Waals surface area contributed by atoms with Gasteiger partial charge in [-0.05, 0) is 42.0 Å². The molecule has 0 spiro atoms. The number of benzene rings is 2. The van der Waals surface area contributed by atoms with E-state index in [1.54, 1.807) is 49.6 Å². The SMILES string of the molecule is C=CCOc1ccc(C=NNC(=O)c2ccc(OC)c(OC)c2)cc1OC. The van der Waals surface area contributed by atoms with E-state index in [4.69, 9.17) is 18.9 Å². The van der Waals surface area contributed by atoms with Gasteiger partial charge in [0, 0.05) is 5.56 Å². The van der Waals surface area contributed by atoms with E-state index >= 15 is 0 Å². The van der Waals surface area contributed by atoms with Gasteiger partial charge < -0.3 is 18.9 Å². The molecule has 0 radical (unpaired) electrons. The quantitative estimate of drug-likeness (QED) is 0.417. The molecule has 2 aromatic rings. The molecule has 0 aliphatic heterocycles. The second-order valence-corrected chi connectivity index (χ2v) is 5.28. The molecule has 0 aliphatic rings. The Bertz CT molecular complexity index is 833. The predicted molar refractivity (Wildman–Crippen MR) is 103 cm³/mol. The van der Waals surface area contributed by atoms with E-state index in [0.29, 0.717) is 35.2 Å². The molecule has 0 aromatic heterocycles. The number of nitrogens with zero attached hydrogens (tertiary/aromatic N) is 1. The van der Waals surface area contributed by atoms with E-state index in [1.807, 2.05) is 0 Å². The number of ether oxygens (including phenoxy) is 4. The predicted octanol–water partition coefficient (Wildman–Crippen LogP) is 3.04. The van der Waals surface area contributed by atoms with Crippen molar-refractivity contribution in [3.8, 4) is 23.0 Å². The average molecular weight is 370 g/mol. The maximum atomic E-state index is 12.2. The molecule has 0 atom stereocenters.